The summed E-state index contributed by atoms with van der Waals surface area (Å²) in [4.78, 5) is 13.1. The number of rotatable bonds is 5. The van der Waals surface area contributed by atoms with E-state index in [1.165, 1.54) is 19.3 Å². The molecule has 0 aromatic heterocycles. The zero-order valence-electron chi connectivity index (χ0n) is 8.78. The van der Waals surface area contributed by atoms with Crippen molar-refractivity contribution in [1.82, 2.24) is 4.90 Å². The Morgan fingerprint density at radius 2 is 2.07 bits per heavy atom. The number of likely N-dealkylation sites (N-methyl/N-ethyl adjacent to an activating group) is 1. The van der Waals surface area contributed by atoms with Crippen molar-refractivity contribution in [3.63, 3.8) is 0 Å². The lowest BCUT2D eigenvalue weighted by atomic mass is 9.85. The van der Waals surface area contributed by atoms with Crippen LogP contribution in [0.3, 0.4) is 0 Å². The number of carbonyl (C=O) groups is 1. The predicted octanol–water partition coefficient (Wildman–Crippen LogP) is 1.58. The molecule has 0 amide bonds. The van der Waals surface area contributed by atoms with Crippen molar-refractivity contribution in [2.24, 2.45) is 11.8 Å². The van der Waals surface area contributed by atoms with Gasteiger partial charge >= 0.3 is 5.97 Å². The minimum absolute atomic E-state index is 0.212. The first-order valence-electron chi connectivity index (χ1n) is 5.61. The van der Waals surface area contributed by atoms with Crippen molar-refractivity contribution in [2.45, 2.75) is 38.1 Å². The summed E-state index contributed by atoms with van der Waals surface area (Å²) < 4.78 is 0. The number of nitrogens with zero attached hydrogens (tertiary/aromatic N) is 1. The molecule has 3 heteroatoms. The quantitative estimate of drug-likeness (QED) is 0.727. The average molecular weight is 197 g/mol. The highest BCUT2D eigenvalue weighted by atomic mass is 16.4. The first kappa shape index (κ1) is 9.97. The van der Waals surface area contributed by atoms with Gasteiger partial charge in [-0.05, 0) is 44.6 Å². The van der Waals surface area contributed by atoms with Crippen LogP contribution in [0, 0.1) is 11.8 Å². The maximum absolute atomic E-state index is 11.1. The molecule has 14 heavy (non-hydrogen) atoms. The van der Waals surface area contributed by atoms with Gasteiger partial charge in [-0.25, -0.2) is 0 Å². The molecule has 0 heterocycles. The zero-order chi connectivity index (χ0) is 10.1. The van der Waals surface area contributed by atoms with Crippen LogP contribution in [0.1, 0.15) is 32.1 Å². The number of carboxylic acid groups (broad SMARTS) is 1. The standard InChI is InChI=1S/C11H19NO2/c1-12(7-8-3-2-4-8)10(11(13)14)9-5-6-9/h8-10H,2-7H2,1H3,(H,13,14). The van der Waals surface area contributed by atoms with Crippen LogP contribution in [0.5, 0.6) is 0 Å². The van der Waals surface area contributed by atoms with Crippen molar-refractivity contribution in [3.8, 4) is 0 Å². The first-order valence-corrected chi connectivity index (χ1v) is 5.61. The summed E-state index contributed by atoms with van der Waals surface area (Å²) in [5.74, 6) is 0.562. The van der Waals surface area contributed by atoms with E-state index in [9.17, 15) is 4.79 Å². The second-order valence-corrected chi connectivity index (χ2v) is 4.86. The first-order chi connectivity index (χ1) is 6.68. The largest absolute Gasteiger partial charge is 0.480 e. The van der Waals surface area contributed by atoms with Crippen LogP contribution < -0.4 is 0 Å². The third-order valence-corrected chi connectivity index (χ3v) is 3.57. The Labute approximate surface area is 85.1 Å². The summed E-state index contributed by atoms with van der Waals surface area (Å²) in [6.07, 6.45) is 6.13. The van der Waals surface area contributed by atoms with E-state index in [1.54, 1.807) is 0 Å². The van der Waals surface area contributed by atoms with E-state index in [-0.39, 0.29) is 6.04 Å². The molecule has 1 N–H and O–H groups in total. The maximum Gasteiger partial charge on any atom is 0.321 e. The molecular formula is C11H19NO2. The van der Waals surface area contributed by atoms with Crippen LogP contribution in [-0.4, -0.2) is 35.6 Å². The molecule has 80 valence electrons. The minimum Gasteiger partial charge on any atom is -0.480 e. The van der Waals surface area contributed by atoms with E-state index >= 15 is 0 Å². The molecule has 2 aliphatic rings. The summed E-state index contributed by atoms with van der Waals surface area (Å²) in [5, 5.41) is 9.12. The summed E-state index contributed by atoms with van der Waals surface area (Å²) in [6, 6.07) is -0.212. The molecule has 0 spiro atoms. The van der Waals surface area contributed by atoms with E-state index in [4.69, 9.17) is 5.11 Å². The van der Waals surface area contributed by atoms with Gasteiger partial charge in [-0.1, -0.05) is 6.42 Å². The van der Waals surface area contributed by atoms with Crippen molar-refractivity contribution >= 4 is 5.97 Å². The van der Waals surface area contributed by atoms with E-state index in [0.717, 1.165) is 25.3 Å². The predicted molar refractivity (Wildman–Crippen MR) is 54.1 cm³/mol. The van der Waals surface area contributed by atoms with Gasteiger partial charge in [0.15, 0.2) is 0 Å². The molecule has 2 rings (SSSR count). The van der Waals surface area contributed by atoms with Crippen LogP contribution >= 0.6 is 0 Å². The van der Waals surface area contributed by atoms with Crippen molar-refractivity contribution < 1.29 is 9.90 Å². The fourth-order valence-corrected chi connectivity index (χ4v) is 2.36. The Kier molecular flexibility index (Phi) is 2.77. The summed E-state index contributed by atoms with van der Waals surface area (Å²) in [5.41, 5.74) is 0. The number of hydrogen-bond donors (Lipinski definition) is 1. The van der Waals surface area contributed by atoms with Crippen LogP contribution in [0.4, 0.5) is 0 Å². The summed E-state index contributed by atoms with van der Waals surface area (Å²) in [6.45, 7) is 0.980. The zero-order valence-corrected chi connectivity index (χ0v) is 8.78. The second kappa shape index (κ2) is 3.89. The molecule has 0 aromatic carbocycles. The molecule has 1 atom stereocenters. The maximum atomic E-state index is 11.1. The SMILES string of the molecule is CN(CC1CCC1)C(C(=O)O)C1CC1. The molecule has 2 fully saturated rings. The van der Waals surface area contributed by atoms with Crippen LogP contribution in [0.25, 0.3) is 0 Å². The molecule has 0 aliphatic heterocycles. The van der Waals surface area contributed by atoms with E-state index in [0.29, 0.717) is 5.92 Å². The van der Waals surface area contributed by atoms with Crippen LogP contribution in [0.2, 0.25) is 0 Å². The van der Waals surface area contributed by atoms with Crippen LogP contribution in [-0.2, 0) is 4.79 Å². The number of aliphatic carboxylic acids is 1. The average Bonchev–Trinajstić information content (AvgIpc) is 2.80. The molecule has 0 saturated heterocycles. The van der Waals surface area contributed by atoms with Gasteiger partial charge in [0.25, 0.3) is 0 Å². The Balaban J connectivity index is 1.85. The normalized spacial score (nSPS) is 24.7. The summed E-state index contributed by atoms with van der Waals surface area (Å²) >= 11 is 0. The van der Waals surface area contributed by atoms with E-state index in [2.05, 4.69) is 4.90 Å². The lowest BCUT2D eigenvalue weighted by molar-refractivity contribution is -0.144. The molecule has 1 unspecified atom stereocenters. The molecule has 2 saturated carbocycles. The van der Waals surface area contributed by atoms with Crippen molar-refractivity contribution in [3.05, 3.63) is 0 Å². The highest BCUT2D eigenvalue weighted by Crippen LogP contribution is 2.36. The van der Waals surface area contributed by atoms with Gasteiger partial charge in [-0.2, -0.15) is 0 Å². The highest BCUT2D eigenvalue weighted by molar-refractivity contribution is 5.74. The van der Waals surface area contributed by atoms with E-state index < -0.39 is 5.97 Å². The highest BCUT2D eigenvalue weighted by Gasteiger charge is 2.39. The Morgan fingerprint density at radius 3 is 2.43 bits per heavy atom. The monoisotopic (exact) mass is 197 g/mol. The lowest BCUT2D eigenvalue weighted by Gasteiger charge is -2.33. The molecule has 2 aliphatic carbocycles. The van der Waals surface area contributed by atoms with Crippen LogP contribution in [0.15, 0.2) is 0 Å². The second-order valence-electron chi connectivity index (χ2n) is 4.86. The third-order valence-electron chi connectivity index (χ3n) is 3.57. The summed E-state index contributed by atoms with van der Waals surface area (Å²) in [7, 11) is 1.97. The van der Waals surface area contributed by atoms with E-state index in [1.807, 2.05) is 7.05 Å². The number of carboxylic acids is 1. The Hall–Kier alpha value is -0.570. The molecule has 0 aromatic rings. The molecular weight excluding hydrogens is 178 g/mol. The smallest absolute Gasteiger partial charge is 0.321 e. The molecule has 0 radical (unpaired) electrons. The fraction of sp³-hybridized carbons (Fsp3) is 0.909. The van der Waals surface area contributed by atoms with Crippen molar-refractivity contribution in [2.75, 3.05) is 13.6 Å². The van der Waals surface area contributed by atoms with Gasteiger partial charge in [-0.15, -0.1) is 0 Å². The Bertz CT molecular complexity index is 221. The van der Waals surface area contributed by atoms with Gasteiger partial charge in [0.2, 0.25) is 0 Å². The minimum atomic E-state index is -0.630. The van der Waals surface area contributed by atoms with Gasteiger partial charge < -0.3 is 5.11 Å². The third kappa shape index (κ3) is 2.08. The lowest BCUT2D eigenvalue weighted by Crippen LogP contribution is -2.43. The van der Waals surface area contributed by atoms with Gasteiger partial charge in [0.1, 0.15) is 6.04 Å². The fourth-order valence-electron chi connectivity index (χ4n) is 2.36. The van der Waals surface area contributed by atoms with Crippen molar-refractivity contribution in [1.29, 1.82) is 0 Å². The van der Waals surface area contributed by atoms with Gasteiger partial charge in [-0.3, -0.25) is 9.69 Å². The molecule has 0 bridgehead atoms. The Morgan fingerprint density at radius 1 is 1.43 bits per heavy atom. The number of hydrogen-bond acceptors (Lipinski definition) is 2. The topological polar surface area (TPSA) is 40.5 Å². The molecule has 3 nitrogen and oxygen atoms in total. The van der Waals surface area contributed by atoms with Gasteiger partial charge in [0, 0.05) is 6.54 Å². The van der Waals surface area contributed by atoms with Gasteiger partial charge in [0.05, 0.1) is 0 Å².